The summed E-state index contributed by atoms with van der Waals surface area (Å²) >= 11 is 0. The number of carbonyl (C=O) groups is 5. The van der Waals surface area contributed by atoms with Gasteiger partial charge in [-0.25, -0.2) is 4.99 Å². The van der Waals surface area contributed by atoms with Gasteiger partial charge in [-0.3, -0.25) is 33.9 Å². The summed E-state index contributed by atoms with van der Waals surface area (Å²) in [5, 5.41) is 9.38. The molecule has 0 spiro atoms. The van der Waals surface area contributed by atoms with Crippen molar-refractivity contribution < 1.29 is 33.4 Å². The smallest absolute Gasteiger partial charge is 0.226 e. The van der Waals surface area contributed by atoms with Gasteiger partial charge in [0.1, 0.15) is 30.0 Å². The van der Waals surface area contributed by atoms with Crippen LogP contribution in [0.5, 0.6) is 5.75 Å². The first kappa shape index (κ1) is 64.5. The summed E-state index contributed by atoms with van der Waals surface area (Å²) in [5.74, 6) is 0.665. The lowest BCUT2D eigenvalue weighted by molar-refractivity contribution is -0.196. The Morgan fingerprint density at radius 2 is 1.47 bits per heavy atom. The molecule has 5 aliphatic rings. The molecule has 3 aromatic rings. The van der Waals surface area contributed by atoms with Gasteiger partial charge in [-0.2, -0.15) is 5.26 Å². The molecule has 8 rings (SSSR count). The van der Waals surface area contributed by atoms with Gasteiger partial charge in [0.25, 0.3) is 0 Å². The number of likely N-dealkylation sites (N-methyl/N-ethyl adjacent to an activating group) is 1. The lowest BCUT2D eigenvalue weighted by atomic mass is 9.44. The topological polar surface area (TPSA) is 162 Å². The average Bonchev–Trinajstić information content (AvgIpc) is 1.50. The Morgan fingerprint density at radius 1 is 0.812 bits per heavy atom. The molecule has 13 nitrogen and oxygen atoms in total. The van der Waals surface area contributed by atoms with Crippen molar-refractivity contribution in [2.75, 3.05) is 57.8 Å². The molecule has 3 heterocycles. The predicted molar refractivity (Wildman–Crippen MR) is 340 cm³/mol. The molecule has 3 aromatic carbocycles. The lowest BCUT2D eigenvalue weighted by Crippen LogP contribution is -2.66. The lowest BCUT2D eigenvalue weighted by Gasteiger charge is -2.63. The number of rotatable bonds is 25. The summed E-state index contributed by atoms with van der Waals surface area (Å²) in [5.41, 5.74) is 8.22. The number of benzene rings is 3. The highest BCUT2D eigenvalue weighted by atomic mass is 16.5. The second-order valence-electron chi connectivity index (χ2n) is 27.9. The van der Waals surface area contributed by atoms with Crippen LogP contribution in [-0.2, 0) is 23.9 Å². The summed E-state index contributed by atoms with van der Waals surface area (Å²) in [7, 11) is 1.94. The molecule has 1 amide bonds. The molecular formula is C72H96N6O7. The number of amides is 1. The maximum atomic E-state index is 14.7. The zero-order chi connectivity index (χ0) is 61.8. The number of carbonyl (C=O) groups excluding carboxylic acids is 5. The molecule has 0 bridgehead atoms. The highest BCUT2D eigenvalue weighted by Gasteiger charge is 2.63. The Hall–Kier alpha value is -6.52. The fraction of sp³-hybridized carbons (Fsp3) is 0.583. The van der Waals surface area contributed by atoms with E-state index in [9.17, 15) is 29.2 Å². The first-order valence-corrected chi connectivity index (χ1v) is 31.6. The van der Waals surface area contributed by atoms with Crippen LogP contribution in [0.4, 0.5) is 5.69 Å². The van der Waals surface area contributed by atoms with Crippen molar-refractivity contribution in [3.8, 4) is 11.8 Å². The second-order valence-corrected chi connectivity index (χ2v) is 27.9. The van der Waals surface area contributed by atoms with Crippen LogP contribution in [0, 0.1) is 82.3 Å². The van der Waals surface area contributed by atoms with Gasteiger partial charge in [0.2, 0.25) is 11.8 Å². The van der Waals surface area contributed by atoms with Gasteiger partial charge in [-0.1, -0.05) is 107 Å². The predicted octanol–water partition coefficient (Wildman–Crippen LogP) is 13.2. The van der Waals surface area contributed by atoms with E-state index in [-0.39, 0.29) is 106 Å². The molecule has 3 fully saturated rings. The number of hydrogen-bond acceptors (Lipinski definition) is 12. The molecule has 7 atom stereocenters. The van der Waals surface area contributed by atoms with Crippen LogP contribution in [-0.4, -0.2) is 116 Å². The molecule has 5 unspecified atom stereocenters. The number of piperazine rings is 1. The van der Waals surface area contributed by atoms with Crippen molar-refractivity contribution in [3.05, 3.63) is 112 Å². The maximum Gasteiger partial charge on any atom is 0.226 e. The molecule has 3 aliphatic heterocycles. The molecule has 0 N–H and O–H groups in total. The minimum absolute atomic E-state index is 0.00320. The summed E-state index contributed by atoms with van der Waals surface area (Å²) in [6.07, 6.45) is 7.02. The molecule has 13 heteroatoms. The van der Waals surface area contributed by atoms with Gasteiger partial charge in [0.05, 0.1) is 24.2 Å². The van der Waals surface area contributed by atoms with E-state index in [0.717, 1.165) is 46.7 Å². The van der Waals surface area contributed by atoms with Crippen molar-refractivity contribution >= 4 is 52.4 Å². The SMILES string of the molecule is CC1=C(c2ccc([C@H](C)CC(=O)C3CC(C)CC3C(=O)C(C3=CC(OCCN(C)[C@H](C(=O)CC(C(=O)N4CCN(c5ccc(C(=O)CC6C(C)(C)C(Oc7ccc(C#N)c(C)c7)C6(C)C)cc5)CC4)C(C)C)C(C)C)=NC3)C(C)C)cc2)CC=N1. The fourth-order valence-electron chi connectivity index (χ4n) is 15.3. The Kier molecular flexibility index (Phi) is 20.5. The van der Waals surface area contributed by atoms with Crippen molar-refractivity contribution in [2.24, 2.45) is 74.1 Å². The molecule has 1 saturated heterocycles. The van der Waals surface area contributed by atoms with E-state index in [1.54, 1.807) is 6.07 Å². The van der Waals surface area contributed by atoms with E-state index in [1.165, 1.54) is 11.1 Å². The summed E-state index contributed by atoms with van der Waals surface area (Å²) in [6.45, 7) is 32.7. The first-order chi connectivity index (χ1) is 40.2. The molecule has 2 saturated carbocycles. The third kappa shape index (κ3) is 14.3. The number of aliphatic imine (C=N–C) groups is 2. The standard InChI is InChI=1S/C72H96N6O7/c1-43(2)58(69(83)78-30-28-77(29-31-78)55-23-20-52(21-24-55)61(79)40-64-71(11,12)70(72(64,13)14)85-56-25-22-53(41-73)47(8)36-56)39-63(81)67(45(5)6)76(15)32-33-84-65-38-54(42-75-65)66(44(3)4)68(82)60-35-46(7)34-59(60)62(80)37-48(9)50-16-18-51(19-17-50)57-26-27-74-49(57)10/h16-25,27,36,38,43-46,48,58-60,64,66-67,70H,26,28-35,37,39-40,42H2,1-15H3/t46?,48-,58?,59?,60?,64?,66?,67+,70?/m1/s1. The Morgan fingerprint density at radius 3 is 2.06 bits per heavy atom. The second kappa shape index (κ2) is 27.0. The van der Waals surface area contributed by atoms with Crippen molar-refractivity contribution in [1.82, 2.24) is 9.80 Å². The summed E-state index contributed by atoms with van der Waals surface area (Å²) in [6, 6.07) is 23.8. The number of ether oxygens (including phenoxy) is 2. The van der Waals surface area contributed by atoms with Gasteiger partial charge in [0, 0.05) is 122 Å². The Bertz CT molecular complexity index is 3100. The Balaban J connectivity index is 0.792. The average molecular weight is 1160 g/mol. The first-order valence-electron chi connectivity index (χ1n) is 31.6. The highest BCUT2D eigenvalue weighted by Crippen LogP contribution is 2.62. The third-order valence-electron chi connectivity index (χ3n) is 20.0. The molecule has 456 valence electrons. The van der Waals surface area contributed by atoms with Gasteiger partial charge in [-0.05, 0) is 140 Å². The quantitative estimate of drug-likeness (QED) is 0.0746. The molecule has 0 aromatic heterocycles. The van der Waals surface area contributed by atoms with E-state index in [2.05, 4.69) is 95.6 Å². The van der Waals surface area contributed by atoms with Crippen LogP contribution in [0.25, 0.3) is 5.57 Å². The summed E-state index contributed by atoms with van der Waals surface area (Å²) in [4.78, 5) is 86.6. The van der Waals surface area contributed by atoms with E-state index in [4.69, 9.17) is 14.5 Å². The number of hydrogen-bond donors (Lipinski definition) is 0. The minimum Gasteiger partial charge on any atom is -0.489 e. The number of nitrogens with zero attached hydrogens (tertiary/aromatic N) is 6. The zero-order valence-corrected chi connectivity index (χ0v) is 53.7. The van der Waals surface area contributed by atoms with E-state index in [0.29, 0.717) is 82.2 Å². The van der Waals surface area contributed by atoms with Gasteiger partial charge >= 0.3 is 0 Å². The van der Waals surface area contributed by atoms with E-state index in [1.807, 2.05) is 107 Å². The van der Waals surface area contributed by atoms with Crippen molar-refractivity contribution in [2.45, 2.75) is 154 Å². The number of Topliss-reactive ketones (excluding diaryl/α,β-unsaturated/α-hetero) is 4. The molecule has 0 radical (unpaired) electrons. The normalized spacial score (nSPS) is 23.2. The third-order valence-corrected chi connectivity index (χ3v) is 20.0. The van der Waals surface area contributed by atoms with Crippen LogP contribution in [0.15, 0.2) is 94.1 Å². The Labute approximate surface area is 507 Å². The number of ketones is 4. The largest absolute Gasteiger partial charge is 0.489 e. The molecular weight excluding hydrogens is 1060 g/mol. The van der Waals surface area contributed by atoms with E-state index < -0.39 is 12.0 Å². The molecule has 85 heavy (non-hydrogen) atoms. The maximum absolute atomic E-state index is 14.7. The van der Waals surface area contributed by atoms with Gasteiger partial charge in [0.15, 0.2) is 11.6 Å². The van der Waals surface area contributed by atoms with Crippen LogP contribution < -0.4 is 9.64 Å². The number of anilines is 1. The summed E-state index contributed by atoms with van der Waals surface area (Å²) < 4.78 is 12.8. The number of nitriles is 1. The molecule has 2 aliphatic carbocycles. The monoisotopic (exact) mass is 1160 g/mol. The number of allylic oxidation sites excluding steroid dienone is 2. The fourth-order valence-corrected chi connectivity index (χ4v) is 15.3. The van der Waals surface area contributed by atoms with Crippen molar-refractivity contribution in [1.29, 1.82) is 5.26 Å². The van der Waals surface area contributed by atoms with Crippen LogP contribution >= 0.6 is 0 Å². The van der Waals surface area contributed by atoms with Gasteiger partial charge in [-0.15, -0.1) is 0 Å². The van der Waals surface area contributed by atoms with Crippen molar-refractivity contribution in [3.63, 3.8) is 0 Å². The van der Waals surface area contributed by atoms with Crippen LogP contribution in [0.1, 0.15) is 167 Å². The van der Waals surface area contributed by atoms with Crippen LogP contribution in [0.2, 0.25) is 0 Å². The minimum atomic E-state index is -0.455. The van der Waals surface area contributed by atoms with Crippen LogP contribution in [0.3, 0.4) is 0 Å². The number of aryl methyl sites for hydroxylation is 1. The highest BCUT2D eigenvalue weighted by molar-refractivity contribution is 5.98. The van der Waals surface area contributed by atoms with Gasteiger partial charge < -0.3 is 19.3 Å². The zero-order valence-electron chi connectivity index (χ0n) is 53.7. The van der Waals surface area contributed by atoms with E-state index >= 15 is 0 Å².